The predicted octanol–water partition coefficient (Wildman–Crippen LogP) is 1.75. The molecule has 0 N–H and O–H groups in total. The Morgan fingerprint density at radius 1 is 0.875 bits per heavy atom. The monoisotopic (exact) mass is 560 g/mol. The molecule has 2 aromatic rings. The third kappa shape index (κ3) is 9.46. The zero-order valence-corrected chi connectivity index (χ0v) is 25.8. The van der Waals surface area contributed by atoms with E-state index in [1.54, 1.807) is 23.3 Å². The average molecular weight is 563 g/mol. The molecular formula is C28H36Cl2SiZr-2. The Kier molecular flexibility index (Phi) is 13.3. The van der Waals surface area contributed by atoms with Crippen LogP contribution in [0.2, 0.25) is 13.1 Å². The van der Waals surface area contributed by atoms with E-state index < -0.39 is 0 Å². The second-order valence-electron chi connectivity index (χ2n) is 10.3. The van der Waals surface area contributed by atoms with Gasteiger partial charge in [-0.3, -0.25) is 6.08 Å². The third-order valence-electron chi connectivity index (χ3n) is 5.11. The summed E-state index contributed by atoms with van der Waals surface area (Å²) >= 11 is 1.74. The molecule has 4 rings (SSSR count). The van der Waals surface area contributed by atoms with Crippen molar-refractivity contribution in [2.75, 3.05) is 0 Å². The van der Waals surface area contributed by atoms with E-state index in [0.717, 1.165) is 12.8 Å². The standard InChI is InChI=1S/C21H25.C5H5.C2H6Si.2ClH.Zr/c1-20(2,3)16-9-7-14-11-15-8-10-17(21(4,5)6)13-19(15)18(14)12-16;1-2-4-5-3-1;1-3-2;;;/h7,9-10,12-13H,11H2,1-6H3;1-3H,4H2;1-2H3;2*1H;/q2*-1;;;;+2/p-2. The fourth-order valence-corrected chi connectivity index (χ4v) is 3.32. The summed E-state index contributed by atoms with van der Waals surface area (Å²) in [6.45, 7) is 18.3. The summed E-state index contributed by atoms with van der Waals surface area (Å²) < 4.78 is 0. The summed E-state index contributed by atoms with van der Waals surface area (Å²) in [5.74, 6) is 0. The molecule has 0 bridgehead atoms. The Balaban J connectivity index is 0.000000739. The minimum atomic E-state index is 0. The first-order valence-electron chi connectivity index (χ1n) is 10.8. The number of rotatable bonds is 0. The molecule has 0 aliphatic heterocycles. The molecule has 0 aromatic heterocycles. The Bertz CT molecular complexity index is 885. The van der Waals surface area contributed by atoms with Gasteiger partial charge in [-0.1, -0.05) is 76.3 Å². The van der Waals surface area contributed by atoms with Crippen LogP contribution in [0, 0.1) is 12.1 Å². The summed E-state index contributed by atoms with van der Waals surface area (Å²) in [6, 6.07) is 15.1. The number of allylic oxidation sites excluding steroid dienone is 4. The number of benzene rings is 2. The topological polar surface area (TPSA) is 0 Å². The Labute approximate surface area is 224 Å². The minimum absolute atomic E-state index is 0. The van der Waals surface area contributed by atoms with Crippen molar-refractivity contribution >= 4 is 5.43 Å². The van der Waals surface area contributed by atoms with E-state index in [1.165, 1.54) is 33.4 Å². The first kappa shape index (κ1) is 31.6. The van der Waals surface area contributed by atoms with Crippen LogP contribution >= 0.6 is 0 Å². The van der Waals surface area contributed by atoms with Gasteiger partial charge in [-0.25, -0.2) is 12.2 Å². The molecule has 172 valence electrons. The molecular weight excluding hydrogens is 527 g/mol. The minimum Gasteiger partial charge on any atom is -1.00 e. The molecule has 0 unspecified atom stereocenters. The zero-order chi connectivity index (χ0) is 22.5. The van der Waals surface area contributed by atoms with Crippen LogP contribution in [-0.2, 0) is 40.6 Å². The SMILES string of the molecule is CC(C)(C)c1c[c-]c2c(c1)-c1cc(C(C)(C)C)ccc1C2.C[Si](C)=[Zr+2].[C-]1=CC=CC1.[Cl-].[Cl-]. The van der Waals surface area contributed by atoms with Crippen LogP contribution in [0.25, 0.3) is 11.1 Å². The molecule has 32 heavy (non-hydrogen) atoms. The molecule has 0 nitrogen and oxygen atoms in total. The molecule has 2 aliphatic rings. The molecule has 2 aromatic carbocycles. The summed E-state index contributed by atoms with van der Waals surface area (Å²) in [5.41, 5.74) is 8.97. The second-order valence-corrected chi connectivity index (χ2v) is 19.7. The molecule has 0 amide bonds. The summed E-state index contributed by atoms with van der Waals surface area (Å²) in [7, 11) is 0. The van der Waals surface area contributed by atoms with Gasteiger partial charge in [0.1, 0.15) is 0 Å². The number of hydrogen-bond donors (Lipinski definition) is 0. The maximum atomic E-state index is 3.53. The van der Waals surface area contributed by atoms with E-state index in [0.29, 0.717) is 0 Å². The van der Waals surface area contributed by atoms with Crippen molar-refractivity contribution in [2.45, 2.75) is 78.3 Å². The van der Waals surface area contributed by atoms with Crippen LogP contribution in [0.5, 0.6) is 0 Å². The van der Waals surface area contributed by atoms with Crippen LogP contribution in [0.3, 0.4) is 0 Å². The Hall–Kier alpha value is -0.400. The van der Waals surface area contributed by atoms with Crippen LogP contribution in [0.15, 0.2) is 48.6 Å². The van der Waals surface area contributed by atoms with Crippen molar-refractivity contribution in [2.24, 2.45) is 0 Å². The van der Waals surface area contributed by atoms with Gasteiger partial charge in [-0.15, -0.1) is 12.0 Å². The summed E-state index contributed by atoms with van der Waals surface area (Å²) in [6.07, 6.45) is 11.0. The van der Waals surface area contributed by atoms with E-state index in [9.17, 15) is 0 Å². The molecule has 4 heteroatoms. The van der Waals surface area contributed by atoms with E-state index in [-0.39, 0.29) is 41.1 Å². The van der Waals surface area contributed by atoms with Crippen molar-refractivity contribution in [3.63, 3.8) is 0 Å². The first-order valence-corrected chi connectivity index (χ1v) is 17.0. The zero-order valence-electron chi connectivity index (χ0n) is 20.8. The van der Waals surface area contributed by atoms with Crippen LogP contribution in [0.1, 0.15) is 70.2 Å². The molecule has 0 fully saturated rings. The van der Waals surface area contributed by atoms with Gasteiger partial charge in [0, 0.05) is 0 Å². The van der Waals surface area contributed by atoms with E-state index in [1.807, 2.05) is 12.2 Å². The summed E-state index contributed by atoms with van der Waals surface area (Å²) in [5, 5.41) is 0. The predicted molar refractivity (Wildman–Crippen MR) is 130 cm³/mol. The maximum Gasteiger partial charge on any atom is -0.109 e. The van der Waals surface area contributed by atoms with E-state index in [4.69, 9.17) is 0 Å². The van der Waals surface area contributed by atoms with Crippen LogP contribution in [0.4, 0.5) is 0 Å². The largest absolute Gasteiger partial charge is 1.00 e. The van der Waals surface area contributed by atoms with Gasteiger partial charge in [0.25, 0.3) is 0 Å². The molecule has 0 atom stereocenters. The molecule has 0 spiro atoms. The fraction of sp³-hybridized carbons (Fsp3) is 0.429. The first-order chi connectivity index (χ1) is 13.9. The van der Waals surface area contributed by atoms with Gasteiger partial charge in [-0.05, 0) is 17.4 Å². The van der Waals surface area contributed by atoms with Gasteiger partial charge in [0.15, 0.2) is 0 Å². The van der Waals surface area contributed by atoms with Gasteiger partial charge < -0.3 is 24.8 Å². The van der Waals surface area contributed by atoms with Crippen molar-refractivity contribution in [3.8, 4) is 11.1 Å². The van der Waals surface area contributed by atoms with Crippen molar-refractivity contribution in [1.82, 2.24) is 0 Å². The molecule has 2 aliphatic carbocycles. The van der Waals surface area contributed by atoms with Gasteiger partial charge in [0.2, 0.25) is 0 Å². The van der Waals surface area contributed by atoms with Gasteiger partial charge in [0.05, 0.1) is 0 Å². The average Bonchev–Trinajstić information content (AvgIpc) is 3.30. The normalized spacial score (nSPS) is 12.8. The third-order valence-corrected chi connectivity index (χ3v) is 5.11. The molecule has 0 saturated carbocycles. The second kappa shape index (κ2) is 13.5. The van der Waals surface area contributed by atoms with Gasteiger partial charge >= 0.3 is 41.9 Å². The smallest absolute Gasteiger partial charge is 0.109 e. The number of hydrogen-bond acceptors (Lipinski definition) is 0. The van der Waals surface area contributed by atoms with Gasteiger partial charge in [-0.2, -0.15) is 35.4 Å². The van der Waals surface area contributed by atoms with Crippen LogP contribution < -0.4 is 24.8 Å². The Morgan fingerprint density at radius 3 is 1.88 bits per heavy atom. The van der Waals surface area contributed by atoms with Crippen LogP contribution in [-0.4, -0.2) is 5.43 Å². The number of halogens is 2. The van der Waals surface area contributed by atoms with E-state index >= 15 is 0 Å². The van der Waals surface area contributed by atoms with E-state index in [2.05, 4.69) is 103 Å². The number of fused-ring (bicyclic) bond motifs is 3. The summed E-state index contributed by atoms with van der Waals surface area (Å²) in [4.78, 5) is 0. The molecule has 0 saturated heterocycles. The quantitative estimate of drug-likeness (QED) is 0.290. The molecule has 0 heterocycles. The van der Waals surface area contributed by atoms with Crippen molar-refractivity contribution in [3.05, 3.63) is 83.0 Å². The van der Waals surface area contributed by atoms with Crippen molar-refractivity contribution < 1.29 is 48.1 Å². The molecule has 0 radical (unpaired) electrons. The van der Waals surface area contributed by atoms with Crippen molar-refractivity contribution in [1.29, 1.82) is 0 Å². The Morgan fingerprint density at radius 2 is 1.44 bits per heavy atom. The fourth-order valence-electron chi connectivity index (χ4n) is 3.32. The maximum absolute atomic E-state index is 3.53.